The van der Waals surface area contributed by atoms with Crippen molar-refractivity contribution in [2.75, 3.05) is 18.8 Å². The topological polar surface area (TPSA) is 134 Å². The summed E-state index contributed by atoms with van der Waals surface area (Å²) >= 11 is 6.08. The Kier molecular flexibility index (Phi) is 10.4. The highest BCUT2D eigenvalue weighted by Crippen LogP contribution is 2.49. The van der Waals surface area contributed by atoms with Crippen molar-refractivity contribution in [3.63, 3.8) is 0 Å². The summed E-state index contributed by atoms with van der Waals surface area (Å²) in [6, 6.07) is 6.63. The number of amides is 2. The second-order valence-electron chi connectivity index (χ2n) is 11.8. The number of halogens is 1. The molecule has 0 radical (unpaired) electrons. The maximum atomic E-state index is 13.7. The first-order valence-electron chi connectivity index (χ1n) is 14.4. The van der Waals surface area contributed by atoms with Crippen LogP contribution in [-0.2, 0) is 4.79 Å². The molecule has 6 N–H and O–H groups in total. The van der Waals surface area contributed by atoms with Crippen molar-refractivity contribution in [3.05, 3.63) is 34.9 Å². The van der Waals surface area contributed by atoms with Gasteiger partial charge < -0.3 is 21.1 Å². The summed E-state index contributed by atoms with van der Waals surface area (Å²) < 4.78 is 23.5. The van der Waals surface area contributed by atoms with E-state index in [4.69, 9.17) is 11.6 Å². The average Bonchev–Trinajstić information content (AvgIpc) is 3.00. The molecule has 1 saturated carbocycles. The van der Waals surface area contributed by atoms with Crippen LogP contribution in [0.1, 0.15) is 76.7 Å². The van der Waals surface area contributed by atoms with Crippen molar-refractivity contribution >= 4 is 34.4 Å². The van der Waals surface area contributed by atoms with Gasteiger partial charge in [-0.25, -0.2) is 9.10 Å². The summed E-state index contributed by atoms with van der Waals surface area (Å²) in [4.78, 5) is 25.5. The molecule has 0 aromatic heterocycles. The first-order chi connectivity index (χ1) is 18.5. The fourth-order valence-corrected chi connectivity index (χ4v) is 8.78. The van der Waals surface area contributed by atoms with Gasteiger partial charge in [-0.3, -0.25) is 13.9 Å². The third-order valence-electron chi connectivity index (χ3n) is 8.80. The zero-order chi connectivity index (χ0) is 28.2. The first-order valence-corrected chi connectivity index (χ1v) is 16.4. The zero-order valence-corrected chi connectivity index (χ0v) is 24.6. The number of rotatable bonds is 9. The number of hydrogen-bond donors (Lipinski definition) is 6. The number of hydrogen-bond acceptors (Lipinski definition) is 6. The number of nitrogens with zero attached hydrogens (tertiary/aromatic N) is 1. The summed E-state index contributed by atoms with van der Waals surface area (Å²) in [6.07, 6.45) is 6.21. The van der Waals surface area contributed by atoms with Crippen LogP contribution in [-0.4, -0.2) is 73.5 Å². The van der Waals surface area contributed by atoms with E-state index in [0.717, 1.165) is 63.5 Å². The SMILES string of the molecule is CC(C)[C@H](c1ccc(Cl)cc1)[C@H](NC(=O)O)C(=O)N[C@H]1CCCC[C@@H]1CC[C@H]1CN[C@@H]2CCCS(O)(O)N1C2. The normalized spacial score (nSPS) is 31.0. The first kappa shape index (κ1) is 30.4. The molecule has 1 aromatic rings. The lowest BCUT2D eigenvalue weighted by Gasteiger charge is -2.49. The third-order valence-corrected chi connectivity index (χ3v) is 11.1. The van der Waals surface area contributed by atoms with Crippen LogP contribution in [0.5, 0.6) is 0 Å². The van der Waals surface area contributed by atoms with Crippen molar-refractivity contribution in [1.29, 1.82) is 0 Å². The predicted molar refractivity (Wildman–Crippen MR) is 156 cm³/mol. The molecular formula is C28H45ClN4O5S. The van der Waals surface area contributed by atoms with Gasteiger partial charge in [0.15, 0.2) is 0 Å². The van der Waals surface area contributed by atoms with Crippen molar-refractivity contribution in [1.82, 2.24) is 20.3 Å². The van der Waals surface area contributed by atoms with Crippen LogP contribution >= 0.6 is 22.4 Å². The largest absolute Gasteiger partial charge is 0.465 e. The van der Waals surface area contributed by atoms with Gasteiger partial charge in [-0.2, -0.15) is 0 Å². The highest BCUT2D eigenvalue weighted by Gasteiger charge is 2.40. The van der Waals surface area contributed by atoms with Crippen LogP contribution in [0.25, 0.3) is 0 Å². The summed E-state index contributed by atoms with van der Waals surface area (Å²) in [5.74, 6) is 0.0492. The van der Waals surface area contributed by atoms with E-state index in [1.807, 2.05) is 30.3 Å². The molecule has 3 aliphatic rings. The fourth-order valence-electron chi connectivity index (χ4n) is 6.79. The van der Waals surface area contributed by atoms with E-state index >= 15 is 0 Å². The van der Waals surface area contributed by atoms with Crippen LogP contribution in [0.2, 0.25) is 5.02 Å². The molecule has 2 aliphatic heterocycles. The van der Waals surface area contributed by atoms with E-state index in [0.29, 0.717) is 23.4 Å². The van der Waals surface area contributed by atoms with Gasteiger partial charge in [-0.15, -0.1) is 10.8 Å². The molecule has 2 saturated heterocycles. The summed E-state index contributed by atoms with van der Waals surface area (Å²) in [5, 5.41) is 19.5. The molecule has 1 unspecified atom stereocenters. The molecule has 1 aliphatic carbocycles. The van der Waals surface area contributed by atoms with Gasteiger partial charge in [0.2, 0.25) is 5.91 Å². The maximum Gasteiger partial charge on any atom is 0.405 e. The third kappa shape index (κ3) is 7.80. The standard InChI is InChI=1S/C28H45ClN4O5S/c1-18(2)25(20-9-12-21(29)13-10-20)26(32-28(35)36)27(34)31-24-8-4-3-6-19(24)11-14-23-16-30-22-7-5-15-39(37,38)33(23)17-22/h9-10,12-13,18-19,22-26,30,32,37-38H,3-8,11,14-17H2,1-2H3,(H,31,34)(H,35,36)/t19-,22-,23+,24+,25-,26+/m1/s1. The van der Waals surface area contributed by atoms with E-state index in [9.17, 15) is 23.8 Å². The lowest BCUT2D eigenvalue weighted by atomic mass is 9.79. The Hall–Kier alpha value is -1.56. The summed E-state index contributed by atoms with van der Waals surface area (Å²) in [7, 11) is -2.74. The van der Waals surface area contributed by atoms with Gasteiger partial charge in [0.05, 0.1) is 5.75 Å². The second kappa shape index (κ2) is 13.4. The Morgan fingerprint density at radius 1 is 1.10 bits per heavy atom. The maximum absolute atomic E-state index is 13.7. The molecule has 9 nitrogen and oxygen atoms in total. The van der Waals surface area contributed by atoms with Crippen LogP contribution in [0, 0.1) is 11.8 Å². The van der Waals surface area contributed by atoms with E-state index in [1.54, 1.807) is 12.1 Å². The van der Waals surface area contributed by atoms with Crippen molar-refractivity contribution < 1.29 is 23.8 Å². The van der Waals surface area contributed by atoms with Crippen molar-refractivity contribution in [2.45, 2.75) is 95.3 Å². The van der Waals surface area contributed by atoms with Gasteiger partial charge in [-0.1, -0.05) is 50.4 Å². The van der Waals surface area contributed by atoms with E-state index < -0.39 is 22.9 Å². The van der Waals surface area contributed by atoms with E-state index in [-0.39, 0.29) is 35.7 Å². The highest BCUT2D eigenvalue weighted by atomic mass is 35.5. The number of carboxylic acid groups (broad SMARTS) is 1. The summed E-state index contributed by atoms with van der Waals surface area (Å²) in [5.41, 5.74) is 0.864. The molecule has 2 heterocycles. The van der Waals surface area contributed by atoms with E-state index in [2.05, 4.69) is 16.0 Å². The molecule has 11 heteroatoms. The van der Waals surface area contributed by atoms with Gasteiger partial charge in [0, 0.05) is 42.2 Å². The Morgan fingerprint density at radius 3 is 2.51 bits per heavy atom. The minimum atomic E-state index is -2.74. The second-order valence-corrected chi connectivity index (χ2v) is 14.4. The number of carbonyl (C=O) groups excluding carboxylic acids is 1. The van der Waals surface area contributed by atoms with Crippen molar-refractivity contribution in [3.8, 4) is 0 Å². The molecule has 3 fully saturated rings. The molecule has 39 heavy (non-hydrogen) atoms. The van der Waals surface area contributed by atoms with Crippen LogP contribution < -0.4 is 16.0 Å². The molecule has 0 spiro atoms. The Bertz CT molecular complexity index is 981. The van der Waals surface area contributed by atoms with Crippen LogP contribution in [0.3, 0.4) is 0 Å². The van der Waals surface area contributed by atoms with Gasteiger partial charge in [0.25, 0.3) is 0 Å². The van der Waals surface area contributed by atoms with Crippen molar-refractivity contribution in [2.24, 2.45) is 11.8 Å². The van der Waals surface area contributed by atoms with Gasteiger partial charge in [-0.05, 0) is 68.1 Å². The van der Waals surface area contributed by atoms with E-state index in [1.165, 1.54) is 0 Å². The zero-order valence-electron chi connectivity index (χ0n) is 23.0. The lowest BCUT2D eigenvalue weighted by Crippen LogP contribution is -2.56. The number of nitrogens with one attached hydrogen (secondary N) is 3. The lowest BCUT2D eigenvalue weighted by molar-refractivity contribution is -0.125. The molecule has 220 valence electrons. The number of benzene rings is 1. The highest BCUT2D eigenvalue weighted by molar-refractivity contribution is 8.22. The average molecular weight is 585 g/mol. The molecule has 2 amide bonds. The molecule has 2 bridgehead atoms. The molecule has 4 rings (SSSR count). The number of fused-ring (bicyclic) bond motifs is 2. The number of carbonyl (C=O) groups is 2. The van der Waals surface area contributed by atoms with Gasteiger partial charge >= 0.3 is 6.09 Å². The smallest absolute Gasteiger partial charge is 0.405 e. The minimum Gasteiger partial charge on any atom is -0.465 e. The van der Waals surface area contributed by atoms with Crippen LogP contribution in [0.15, 0.2) is 24.3 Å². The Labute approximate surface area is 238 Å². The Morgan fingerprint density at radius 2 is 1.82 bits per heavy atom. The van der Waals surface area contributed by atoms with Gasteiger partial charge in [0.1, 0.15) is 6.04 Å². The molecular weight excluding hydrogens is 540 g/mol. The number of piperazine rings is 1. The molecule has 7 atom stereocenters. The fraction of sp³-hybridized carbons (Fsp3) is 0.714. The quantitative estimate of drug-likeness (QED) is 0.233. The Balaban J connectivity index is 1.45. The monoisotopic (exact) mass is 584 g/mol. The van der Waals surface area contributed by atoms with Crippen LogP contribution in [0.4, 0.5) is 4.79 Å². The minimum absolute atomic E-state index is 0.00640. The predicted octanol–water partition coefficient (Wildman–Crippen LogP) is 5.27. The summed E-state index contributed by atoms with van der Waals surface area (Å²) in [6.45, 7) is 5.39. The molecule has 1 aromatic carbocycles.